The molecule has 0 aliphatic heterocycles. The number of fused-ring (bicyclic) bond motifs is 4. The Balaban J connectivity index is 1.26. The third kappa shape index (κ3) is 5.74. The average molecular weight is 627 g/mol. The van der Waals surface area contributed by atoms with Crippen molar-refractivity contribution in [3.63, 3.8) is 0 Å². The third-order valence-electron chi connectivity index (χ3n) is 7.75. The summed E-state index contributed by atoms with van der Waals surface area (Å²) in [7, 11) is 0. The molecule has 0 saturated heterocycles. The second-order valence-corrected chi connectivity index (χ2v) is 11.5. The number of carbonyl (C=O) groups excluding carboxylic acids is 2. The number of hydrogen-bond donors (Lipinski definition) is 3. The highest BCUT2D eigenvalue weighted by Crippen LogP contribution is 2.26. The highest BCUT2D eigenvalue weighted by molar-refractivity contribution is 6.32. The molecule has 0 bridgehead atoms. The predicted octanol–water partition coefficient (Wildman–Crippen LogP) is 6.23. The molecule has 2 amide bonds. The van der Waals surface area contributed by atoms with Gasteiger partial charge in [0, 0.05) is 28.2 Å². The van der Waals surface area contributed by atoms with Crippen molar-refractivity contribution >= 4 is 79.1 Å². The Bertz CT molecular complexity index is 1920. The SMILES string of the molecule is CCC(NC(=O)c1cc(Cl)cc2nc3ccccc3nc12)C(N)C(CC)NC(=O)c1cc(Cl)cc2nc3ccccc3nc12. The maximum atomic E-state index is 13.7. The molecule has 2 heterocycles. The molecule has 0 radical (unpaired) electrons. The van der Waals surface area contributed by atoms with Crippen molar-refractivity contribution in [2.45, 2.75) is 44.8 Å². The summed E-state index contributed by atoms with van der Waals surface area (Å²) in [6.45, 7) is 3.85. The molecule has 2 atom stereocenters. The van der Waals surface area contributed by atoms with Gasteiger partial charge in [0.2, 0.25) is 0 Å². The van der Waals surface area contributed by atoms with Gasteiger partial charge in [-0.3, -0.25) is 9.59 Å². The first-order chi connectivity index (χ1) is 21.2. The van der Waals surface area contributed by atoms with Gasteiger partial charge in [0.15, 0.2) is 0 Å². The van der Waals surface area contributed by atoms with Crippen molar-refractivity contribution in [1.82, 2.24) is 30.6 Å². The number of nitrogens with two attached hydrogens (primary N) is 1. The fourth-order valence-electron chi connectivity index (χ4n) is 5.44. The Kier molecular flexibility index (Phi) is 8.27. The maximum Gasteiger partial charge on any atom is 0.253 e. The molecule has 11 heteroatoms. The molecule has 6 rings (SSSR count). The summed E-state index contributed by atoms with van der Waals surface area (Å²) < 4.78 is 0. The minimum Gasteiger partial charge on any atom is -0.348 e. The van der Waals surface area contributed by atoms with E-state index in [4.69, 9.17) is 38.9 Å². The molecule has 0 spiro atoms. The fraction of sp³-hybridized carbons (Fsp3) is 0.212. The van der Waals surface area contributed by atoms with E-state index in [1.54, 1.807) is 24.3 Å². The predicted molar refractivity (Wildman–Crippen MR) is 175 cm³/mol. The molecule has 2 aromatic heterocycles. The molecule has 44 heavy (non-hydrogen) atoms. The van der Waals surface area contributed by atoms with Crippen LogP contribution in [0.25, 0.3) is 44.1 Å². The largest absolute Gasteiger partial charge is 0.348 e. The van der Waals surface area contributed by atoms with Crippen molar-refractivity contribution in [3.05, 3.63) is 94.0 Å². The van der Waals surface area contributed by atoms with Crippen molar-refractivity contribution in [2.24, 2.45) is 5.73 Å². The zero-order chi connectivity index (χ0) is 31.0. The summed E-state index contributed by atoms with van der Waals surface area (Å²) in [5.41, 5.74) is 12.0. The van der Waals surface area contributed by atoms with E-state index in [0.717, 1.165) is 0 Å². The number of nitrogens with zero attached hydrogens (tertiary/aromatic N) is 4. The van der Waals surface area contributed by atoms with E-state index >= 15 is 0 Å². The molecule has 0 fully saturated rings. The molecule has 2 unspecified atom stereocenters. The van der Waals surface area contributed by atoms with Gasteiger partial charge in [-0.05, 0) is 61.4 Å². The first-order valence-corrected chi connectivity index (χ1v) is 15.1. The Morgan fingerprint density at radius 1 is 0.636 bits per heavy atom. The van der Waals surface area contributed by atoms with Gasteiger partial charge in [-0.1, -0.05) is 61.3 Å². The molecule has 4 aromatic carbocycles. The fourth-order valence-corrected chi connectivity index (χ4v) is 5.87. The average Bonchev–Trinajstić information content (AvgIpc) is 3.02. The van der Waals surface area contributed by atoms with Crippen LogP contribution in [0.4, 0.5) is 0 Å². The van der Waals surface area contributed by atoms with Gasteiger partial charge in [0.05, 0.1) is 44.2 Å². The zero-order valence-corrected chi connectivity index (χ0v) is 25.5. The molecule has 0 saturated carbocycles. The number of hydrogen-bond acceptors (Lipinski definition) is 7. The zero-order valence-electron chi connectivity index (χ0n) is 24.0. The Morgan fingerprint density at radius 3 is 1.36 bits per heavy atom. The quantitative estimate of drug-likeness (QED) is 0.171. The summed E-state index contributed by atoms with van der Waals surface area (Å²) >= 11 is 12.8. The maximum absolute atomic E-state index is 13.7. The minimum atomic E-state index is -0.618. The van der Waals surface area contributed by atoms with E-state index in [1.807, 2.05) is 62.4 Å². The molecular weight excluding hydrogens is 597 g/mol. The van der Waals surface area contributed by atoms with E-state index in [9.17, 15) is 9.59 Å². The topological polar surface area (TPSA) is 136 Å². The smallest absolute Gasteiger partial charge is 0.253 e. The number of benzene rings is 4. The van der Waals surface area contributed by atoms with Crippen LogP contribution in [-0.2, 0) is 0 Å². The van der Waals surface area contributed by atoms with Crippen LogP contribution in [0.1, 0.15) is 47.4 Å². The number of carbonyl (C=O) groups is 2. The van der Waals surface area contributed by atoms with Crippen LogP contribution in [0.3, 0.4) is 0 Å². The number of para-hydroxylation sites is 4. The molecule has 9 nitrogen and oxygen atoms in total. The van der Waals surface area contributed by atoms with Crippen LogP contribution in [0.15, 0.2) is 72.8 Å². The summed E-state index contributed by atoms with van der Waals surface area (Å²) in [6.07, 6.45) is 1.04. The van der Waals surface area contributed by atoms with Gasteiger partial charge >= 0.3 is 0 Å². The van der Waals surface area contributed by atoms with Crippen LogP contribution in [-0.4, -0.2) is 49.9 Å². The second-order valence-electron chi connectivity index (χ2n) is 10.6. The molecule has 222 valence electrons. The lowest BCUT2D eigenvalue weighted by atomic mass is 9.95. The monoisotopic (exact) mass is 625 g/mol. The normalized spacial score (nSPS) is 13.7. The number of rotatable bonds is 8. The second kappa shape index (κ2) is 12.3. The van der Waals surface area contributed by atoms with Gasteiger partial charge < -0.3 is 16.4 Å². The molecule has 6 aromatic rings. The van der Waals surface area contributed by atoms with Crippen molar-refractivity contribution in [3.8, 4) is 0 Å². The van der Waals surface area contributed by atoms with Crippen molar-refractivity contribution in [1.29, 1.82) is 0 Å². The van der Waals surface area contributed by atoms with Crippen LogP contribution in [0, 0.1) is 0 Å². The summed E-state index contributed by atoms with van der Waals surface area (Å²) in [4.78, 5) is 46.0. The van der Waals surface area contributed by atoms with Gasteiger partial charge in [-0.15, -0.1) is 0 Å². The Morgan fingerprint density at radius 2 is 1.00 bits per heavy atom. The van der Waals surface area contributed by atoms with Gasteiger partial charge in [0.1, 0.15) is 11.0 Å². The molecule has 0 aliphatic carbocycles. The van der Waals surface area contributed by atoms with Gasteiger partial charge in [0.25, 0.3) is 11.8 Å². The third-order valence-corrected chi connectivity index (χ3v) is 8.19. The Hall–Kier alpha value is -4.44. The van der Waals surface area contributed by atoms with E-state index in [-0.39, 0.29) is 11.8 Å². The minimum absolute atomic E-state index is 0.296. The van der Waals surface area contributed by atoms with Crippen LogP contribution in [0.5, 0.6) is 0 Å². The lowest BCUT2D eigenvalue weighted by Gasteiger charge is -2.31. The number of nitrogens with one attached hydrogen (secondary N) is 2. The van der Waals surface area contributed by atoms with E-state index in [2.05, 4.69) is 20.6 Å². The lowest BCUT2D eigenvalue weighted by Crippen LogP contribution is -2.58. The number of amides is 2. The first-order valence-electron chi connectivity index (χ1n) is 14.3. The lowest BCUT2D eigenvalue weighted by molar-refractivity contribution is 0.0909. The van der Waals surface area contributed by atoms with Crippen LogP contribution < -0.4 is 16.4 Å². The standard InChI is InChI=1S/C33H29Cl2N7O2/c1-3-21(41-32(43)19-13-17(34)15-27-30(19)39-25-11-7-5-9-23(25)37-27)29(36)22(4-2)42-33(44)20-14-18(35)16-28-31(20)40-26-12-8-6-10-24(26)38-28/h5-16,21-22,29H,3-4,36H2,1-2H3,(H,41,43)(H,42,44). The number of halogens is 2. The summed E-state index contributed by atoms with van der Waals surface area (Å²) in [6, 6.07) is 19.8. The molecule has 4 N–H and O–H groups in total. The summed E-state index contributed by atoms with van der Waals surface area (Å²) in [5.74, 6) is -0.762. The van der Waals surface area contributed by atoms with E-state index in [1.165, 1.54) is 0 Å². The van der Waals surface area contributed by atoms with E-state index in [0.29, 0.717) is 78.1 Å². The highest BCUT2D eigenvalue weighted by Gasteiger charge is 2.29. The van der Waals surface area contributed by atoms with E-state index < -0.39 is 18.1 Å². The van der Waals surface area contributed by atoms with Crippen LogP contribution in [0.2, 0.25) is 10.0 Å². The van der Waals surface area contributed by atoms with Crippen molar-refractivity contribution < 1.29 is 9.59 Å². The summed E-state index contributed by atoms with van der Waals surface area (Å²) in [5, 5.41) is 6.84. The highest BCUT2D eigenvalue weighted by atomic mass is 35.5. The van der Waals surface area contributed by atoms with Crippen molar-refractivity contribution in [2.75, 3.05) is 0 Å². The molecule has 0 aliphatic rings. The van der Waals surface area contributed by atoms with Gasteiger partial charge in [-0.2, -0.15) is 0 Å². The van der Waals surface area contributed by atoms with Crippen LogP contribution >= 0.6 is 23.2 Å². The Labute approximate surface area is 263 Å². The molecular formula is C33H29Cl2N7O2. The first kappa shape index (κ1) is 29.6. The van der Waals surface area contributed by atoms with Gasteiger partial charge in [-0.25, -0.2) is 19.9 Å². The number of aromatic nitrogens is 4.